The lowest BCUT2D eigenvalue weighted by molar-refractivity contribution is -0.364. The number of carbonyl (C=O) groups is 2. The fourth-order valence-corrected chi connectivity index (χ4v) is 9.37. The van der Waals surface area contributed by atoms with Crippen LogP contribution >= 0.6 is 0 Å². The predicted molar refractivity (Wildman–Crippen MR) is 182 cm³/mol. The second-order valence-electron chi connectivity index (χ2n) is 10.2. The van der Waals surface area contributed by atoms with Gasteiger partial charge in [-0.3, -0.25) is 9.78 Å². The lowest BCUT2D eigenvalue weighted by Crippen LogP contribution is -2.43. The highest BCUT2D eigenvalue weighted by Crippen LogP contribution is 2.18. The van der Waals surface area contributed by atoms with Gasteiger partial charge in [-0.1, -0.05) is 78.2 Å². The number of ether oxygens (including phenoxy) is 2. The maximum Gasteiger partial charge on any atom is 0.373 e. The summed E-state index contributed by atoms with van der Waals surface area (Å²) in [6.45, 7) is 25.6. The van der Waals surface area contributed by atoms with Crippen molar-refractivity contribution < 1.29 is 38.6 Å². The van der Waals surface area contributed by atoms with Crippen molar-refractivity contribution in [2.24, 2.45) is 0 Å². The molecule has 45 heavy (non-hydrogen) atoms. The Morgan fingerprint density at radius 2 is 1.02 bits per heavy atom. The summed E-state index contributed by atoms with van der Waals surface area (Å²) in [5.41, 5.74) is 8.39. The summed E-state index contributed by atoms with van der Waals surface area (Å²) in [7, 11) is -4.09. The number of benzene rings is 2. The summed E-state index contributed by atoms with van der Waals surface area (Å²) < 4.78 is 11.0. The molecule has 0 heterocycles. The van der Waals surface area contributed by atoms with Gasteiger partial charge in [0.05, 0.1) is 17.7 Å². The second-order valence-corrected chi connectivity index (χ2v) is 18.6. The van der Waals surface area contributed by atoms with Crippen LogP contribution in [0, 0.1) is 13.2 Å². The van der Waals surface area contributed by atoms with Gasteiger partial charge < -0.3 is 9.47 Å². The molecule has 0 saturated carbocycles. The first-order valence-corrected chi connectivity index (χ1v) is 19.8. The first kappa shape index (κ1) is 37.8. The van der Waals surface area contributed by atoms with Gasteiger partial charge in [-0.25, -0.2) is 9.59 Å². The minimum absolute atomic E-state index is 0.0325. The summed E-state index contributed by atoms with van der Waals surface area (Å²) in [6.07, 6.45) is 1.16. The molecule has 0 aliphatic rings. The van der Waals surface area contributed by atoms with E-state index in [4.69, 9.17) is 29.0 Å². The smallest absolute Gasteiger partial charge is 0.373 e. The Hall–Kier alpha value is -3.39. The van der Waals surface area contributed by atoms with Gasteiger partial charge >= 0.3 is 18.2 Å². The van der Waals surface area contributed by atoms with E-state index in [0.717, 1.165) is 22.5 Å². The molecule has 0 aliphatic heterocycles. The van der Waals surface area contributed by atoms with Gasteiger partial charge in [0.2, 0.25) is 0 Å². The molecular formula is C35H46O8Si2. The lowest BCUT2D eigenvalue weighted by Gasteiger charge is -2.23. The molecule has 2 aromatic rings. The maximum absolute atomic E-state index is 12.8. The van der Waals surface area contributed by atoms with Crippen molar-refractivity contribution in [2.75, 3.05) is 26.4 Å². The van der Waals surface area contributed by atoms with Crippen molar-refractivity contribution in [3.63, 3.8) is 0 Å². The van der Waals surface area contributed by atoms with E-state index >= 15 is 0 Å². The van der Waals surface area contributed by atoms with Crippen LogP contribution in [0.15, 0.2) is 97.6 Å². The molecule has 242 valence electrons. The Labute approximate surface area is 270 Å². The predicted octanol–water partition coefficient (Wildman–Crippen LogP) is 6.34. The minimum atomic E-state index is -2.05. The highest BCUT2D eigenvalue weighted by molar-refractivity contribution is 7.00. The Kier molecular flexibility index (Phi) is 16.7. The van der Waals surface area contributed by atoms with E-state index < -0.39 is 28.1 Å². The van der Waals surface area contributed by atoms with Gasteiger partial charge in [-0.05, 0) is 49.2 Å². The zero-order valence-corrected chi connectivity index (χ0v) is 28.6. The third-order valence-electron chi connectivity index (χ3n) is 7.68. The van der Waals surface area contributed by atoms with Crippen LogP contribution in [0.3, 0.4) is 0 Å². The quantitative estimate of drug-likeness (QED) is 0.0596. The Morgan fingerprint density at radius 1 is 0.622 bits per heavy atom. The first-order chi connectivity index (χ1) is 21.8. The van der Waals surface area contributed by atoms with Crippen LogP contribution in [0.4, 0.5) is 0 Å². The summed E-state index contributed by atoms with van der Waals surface area (Å²) in [6, 6.07) is 15.9. The highest BCUT2D eigenvalue weighted by atomic mass is 28.3. The zero-order valence-electron chi connectivity index (χ0n) is 26.6. The minimum Gasteiger partial charge on any atom is -0.381 e. The van der Waals surface area contributed by atoms with E-state index in [0.29, 0.717) is 32.7 Å². The van der Waals surface area contributed by atoms with Crippen molar-refractivity contribution in [3.8, 4) is 0 Å². The molecule has 2 rings (SSSR count). The number of hydrogen-bond donors (Lipinski definition) is 0. The Bertz CT molecular complexity index is 1140. The van der Waals surface area contributed by atoms with E-state index in [-0.39, 0.29) is 30.4 Å². The SMILES string of the molecule is [CH2]CCOCCCOCC[C](OOC(=O)c1ccc([Si](C=C)(C=C)CC)cc1)OOC(=O)c1ccc([Si](C=C)(C=C)CC)cc1. The monoisotopic (exact) mass is 650 g/mol. The van der Waals surface area contributed by atoms with Gasteiger partial charge in [0, 0.05) is 26.2 Å². The molecule has 2 aromatic carbocycles. The number of rotatable bonds is 23. The van der Waals surface area contributed by atoms with Gasteiger partial charge in [0.25, 0.3) is 0 Å². The summed E-state index contributed by atoms with van der Waals surface area (Å²) in [5.74, 6) is -1.50. The fraction of sp³-hybridized carbons (Fsp3) is 0.314. The average Bonchev–Trinajstić information content (AvgIpc) is 3.09. The van der Waals surface area contributed by atoms with Crippen LogP contribution in [0.5, 0.6) is 0 Å². The third-order valence-corrected chi connectivity index (χ3v) is 15.8. The third kappa shape index (κ3) is 10.9. The van der Waals surface area contributed by atoms with Crippen molar-refractivity contribution in [3.05, 3.63) is 122 Å². The molecule has 0 fully saturated rings. The molecular weight excluding hydrogens is 605 g/mol. The molecule has 8 nitrogen and oxygen atoms in total. The molecule has 0 unspecified atom stereocenters. The highest BCUT2D eigenvalue weighted by Gasteiger charge is 2.28. The molecule has 0 aromatic heterocycles. The number of carbonyl (C=O) groups excluding carboxylic acids is 2. The van der Waals surface area contributed by atoms with Crippen molar-refractivity contribution in [1.82, 2.24) is 0 Å². The Balaban J connectivity index is 2.03. The summed E-state index contributed by atoms with van der Waals surface area (Å²) in [5, 5.41) is 2.15. The van der Waals surface area contributed by atoms with Gasteiger partial charge in [-0.15, -0.1) is 36.1 Å². The Morgan fingerprint density at radius 3 is 1.38 bits per heavy atom. The molecule has 0 N–H and O–H groups in total. The van der Waals surface area contributed by atoms with Gasteiger partial charge in [0.1, 0.15) is 16.1 Å². The van der Waals surface area contributed by atoms with Crippen LogP contribution < -0.4 is 10.4 Å². The van der Waals surface area contributed by atoms with Gasteiger partial charge in [0.15, 0.2) is 0 Å². The topological polar surface area (TPSA) is 89.5 Å². The second kappa shape index (κ2) is 19.9. The van der Waals surface area contributed by atoms with Crippen LogP contribution in [0.2, 0.25) is 12.1 Å². The van der Waals surface area contributed by atoms with Crippen molar-refractivity contribution >= 4 is 38.5 Å². The maximum atomic E-state index is 12.8. The van der Waals surface area contributed by atoms with Crippen molar-refractivity contribution in [1.29, 1.82) is 0 Å². The summed E-state index contributed by atoms with van der Waals surface area (Å²) >= 11 is 0. The van der Waals surface area contributed by atoms with Crippen molar-refractivity contribution in [2.45, 2.75) is 45.2 Å². The standard InChI is InChI=1S/C35H46O8Si2/c1-8-25-38-26-15-27-39-28-24-33(40-42-34(36)29-16-20-31(21-17-29)44(9-2,10-3)11-4)41-43-35(37)30-18-22-32(23-19-30)45(12-5,13-6)14-7/h9-10,12-13,16-23H,1-3,5-6,8,11,14-15,24-28H2,4,7H3. The van der Waals surface area contributed by atoms with Crippen LogP contribution in [0.25, 0.3) is 0 Å². The molecule has 0 bridgehead atoms. The molecule has 0 spiro atoms. The fourth-order valence-electron chi connectivity index (χ4n) is 4.54. The normalized spacial score (nSPS) is 11.6. The molecule has 0 aliphatic carbocycles. The van der Waals surface area contributed by atoms with Crippen LogP contribution in [0.1, 0.15) is 53.8 Å². The lowest BCUT2D eigenvalue weighted by atomic mass is 10.2. The summed E-state index contributed by atoms with van der Waals surface area (Å²) in [4.78, 5) is 45.9. The van der Waals surface area contributed by atoms with E-state index in [1.807, 2.05) is 47.1 Å². The first-order valence-electron chi connectivity index (χ1n) is 15.1. The van der Waals surface area contributed by atoms with Crippen LogP contribution in [-0.4, -0.2) is 54.5 Å². The molecule has 0 atom stereocenters. The van der Waals surface area contributed by atoms with E-state index in [1.54, 1.807) is 24.3 Å². The average molecular weight is 651 g/mol. The number of hydrogen-bond acceptors (Lipinski definition) is 8. The van der Waals surface area contributed by atoms with E-state index in [1.165, 1.54) is 0 Å². The van der Waals surface area contributed by atoms with Crippen LogP contribution in [-0.2, 0) is 29.0 Å². The largest absolute Gasteiger partial charge is 0.381 e. The molecule has 0 saturated heterocycles. The molecule has 0 amide bonds. The van der Waals surface area contributed by atoms with Gasteiger partial charge in [-0.2, -0.15) is 0 Å². The molecule has 2 radical (unpaired) electrons. The molecule has 10 heteroatoms. The zero-order chi connectivity index (χ0) is 33.1. The van der Waals surface area contributed by atoms with E-state index in [9.17, 15) is 9.59 Å². The van der Waals surface area contributed by atoms with E-state index in [2.05, 4.69) is 47.1 Å².